The molecule has 1 aliphatic rings. The van der Waals surface area contributed by atoms with Crippen LogP contribution in [0.2, 0.25) is 0 Å². The Kier molecular flexibility index (Phi) is 7.69. The first-order valence-electron chi connectivity index (χ1n) is 4.60. The van der Waals surface area contributed by atoms with Gasteiger partial charge >= 0.3 is 59.1 Å². The molecule has 0 spiro atoms. The summed E-state index contributed by atoms with van der Waals surface area (Å²) in [6.45, 7) is -0.175. The van der Waals surface area contributed by atoms with E-state index in [4.69, 9.17) is 5.11 Å². The van der Waals surface area contributed by atoms with Crippen LogP contribution in [-0.4, -0.2) is 28.3 Å². The van der Waals surface area contributed by atoms with E-state index in [1.54, 1.807) is 0 Å². The van der Waals surface area contributed by atoms with Gasteiger partial charge in [0.1, 0.15) is 13.0 Å². The zero-order valence-corrected chi connectivity index (χ0v) is 14.6. The first kappa shape index (κ1) is 17.4. The second kappa shape index (κ2) is 7.08. The smallest absolute Gasteiger partial charge is 1.00 e. The summed E-state index contributed by atoms with van der Waals surface area (Å²) in [5.41, 5.74) is 0.577. The van der Waals surface area contributed by atoms with E-state index in [1.807, 2.05) is 30.3 Å². The van der Waals surface area contributed by atoms with Gasteiger partial charge in [-0.15, -0.1) is 0 Å². The molecule has 1 heterocycles. The van der Waals surface area contributed by atoms with Crippen LogP contribution < -0.4 is 59.1 Å². The minimum absolute atomic E-state index is 0. The third kappa shape index (κ3) is 3.44. The van der Waals surface area contributed by atoms with Crippen molar-refractivity contribution in [1.82, 2.24) is 0 Å². The molecule has 0 aliphatic carbocycles. The molecule has 3 nitrogen and oxygen atoms in total. The van der Waals surface area contributed by atoms with Gasteiger partial charge < -0.3 is 17.6 Å². The van der Waals surface area contributed by atoms with E-state index in [9.17, 15) is 9.67 Å². The predicted molar refractivity (Wildman–Crippen MR) is 56.9 cm³/mol. The molecule has 80 valence electrons. The fourth-order valence-corrected chi connectivity index (χ4v) is 4.57. The van der Waals surface area contributed by atoms with E-state index in [0.717, 1.165) is 5.56 Å². The molecule has 6 heteroatoms. The van der Waals surface area contributed by atoms with Crippen molar-refractivity contribution in [1.29, 1.82) is 0 Å². The van der Waals surface area contributed by atoms with Crippen LogP contribution in [0.1, 0.15) is 8.42 Å². The predicted octanol–water partition coefficient (Wildman–Crippen LogP) is -4.52. The quantitative estimate of drug-likeness (QED) is 0.425. The molecule has 1 aromatic rings. The molecule has 16 heavy (non-hydrogen) atoms. The molecule has 0 amide bonds. The van der Waals surface area contributed by atoms with Crippen molar-refractivity contribution < 1.29 is 76.7 Å². The Balaban J connectivity index is -0.000000562. The van der Waals surface area contributed by atoms with Crippen LogP contribution in [0.5, 0.6) is 0 Å². The summed E-state index contributed by atoms with van der Waals surface area (Å²) in [7, 11) is -2.53. The topological polar surface area (TPSA) is 57.5 Å². The van der Waals surface area contributed by atoms with Crippen LogP contribution in [0.15, 0.2) is 30.3 Å². The standard InChI is InChI=1S/C10H13O3P.2Na.2H/c11-6-9-10(12)14(9,13)7-8-4-2-1-3-5-8;;;;/h1-5,9-12H,6-7H2;;;;/q;2*+1;2*-1. The molecule has 2 N–H and O–H groups in total. The molecule has 1 saturated heterocycles. The minimum Gasteiger partial charge on any atom is -1.00 e. The largest absolute Gasteiger partial charge is 1.00 e. The summed E-state index contributed by atoms with van der Waals surface area (Å²) in [6.07, 6.45) is 0.403. The van der Waals surface area contributed by atoms with E-state index in [2.05, 4.69) is 0 Å². The van der Waals surface area contributed by atoms with Gasteiger partial charge in [0.25, 0.3) is 0 Å². The number of benzene rings is 1. The molecular weight excluding hydrogens is 245 g/mol. The van der Waals surface area contributed by atoms with Crippen LogP contribution in [0, 0.1) is 0 Å². The number of aliphatic hydroxyl groups excluding tert-OH is 2. The van der Waals surface area contributed by atoms with Crippen molar-refractivity contribution >= 4 is 7.14 Å². The Morgan fingerprint density at radius 3 is 2.25 bits per heavy atom. The first-order valence-corrected chi connectivity index (χ1v) is 6.63. The van der Waals surface area contributed by atoms with E-state index in [0.29, 0.717) is 6.16 Å². The fourth-order valence-electron chi connectivity index (χ4n) is 1.72. The van der Waals surface area contributed by atoms with Crippen molar-refractivity contribution in [2.45, 2.75) is 17.7 Å². The maximum Gasteiger partial charge on any atom is 1.00 e. The molecule has 1 aliphatic heterocycles. The van der Waals surface area contributed by atoms with Gasteiger partial charge in [0.2, 0.25) is 0 Å². The molecule has 1 fully saturated rings. The van der Waals surface area contributed by atoms with Gasteiger partial charge in [-0.1, -0.05) is 30.3 Å². The normalized spacial score (nSPS) is 31.1. The van der Waals surface area contributed by atoms with E-state index in [-0.39, 0.29) is 74.2 Å². The number of hydrogen-bond donors (Lipinski definition) is 2. The molecule has 0 radical (unpaired) electrons. The number of rotatable bonds is 3. The van der Waals surface area contributed by atoms with E-state index in [1.165, 1.54) is 0 Å². The molecule has 2 rings (SSSR count). The van der Waals surface area contributed by atoms with Crippen LogP contribution in [0.4, 0.5) is 0 Å². The van der Waals surface area contributed by atoms with Crippen LogP contribution in [-0.2, 0) is 10.7 Å². The Bertz CT molecular complexity index is 381. The maximum absolute atomic E-state index is 12.0. The minimum atomic E-state index is -2.53. The van der Waals surface area contributed by atoms with Crippen LogP contribution in [0.25, 0.3) is 0 Å². The average Bonchev–Trinajstić information content (AvgIpc) is 2.69. The molecule has 0 bridgehead atoms. The van der Waals surface area contributed by atoms with Gasteiger partial charge in [-0.2, -0.15) is 0 Å². The van der Waals surface area contributed by atoms with Crippen molar-refractivity contribution in [2.24, 2.45) is 0 Å². The third-order valence-corrected chi connectivity index (χ3v) is 6.06. The van der Waals surface area contributed by atoms with Gasteiger partial charge in [-0.05, 0) is 5.56 Å². The zero-order valence-electron chi connectivity index (χ0n) is 11.7. The van der Waals surface area contributed by atoms with Gasteiger partial charge in [-0.3, -0.25) is 0 Å². The maximum atomic E-state index is 12.0. The Labute approximate surface area is 143 Å². The third-order valence-electron chi connectivity index (χ3n) is 2.72. The van der Waals surface area contributed by atoms with Crippen LogP contribution >= 0.6 is 7.14 Å². The summed E-state index contributed by atoms with van der Waals surface area (Å²) in [5, 5.41) is 18.2. The van der Waals surface area contributed by atoms with Crippen molar-refractivity contribution in [2.75, 3.05) is 6.61 Å². The van der Waals surface area contributed by atoms with E-state index < -0.39 is 13.0 Å². The molecule has 3 unspecified atom stereocenters. The zero-order chi connectivity index (χ0) is 10.2. The Hall–Kier alpha value is 1.37. The molecule has 3 atom stereocenters. The Morgan fingerprint density at radius 1 is 1.25 bits per heavy atom. The van der Waals surface area contributed by atoms with E-state index >= 15 is 0 Å². The summed E-state index contributed by atoms with van der Waals surface area (Å²) >= 11 is 0. The SMILES string of the molecule is O=P1(Cc2ccccc2)C(O)C1CO.[H-].[H-].[Na+].[Na+]. The van der Waals surface area contributed by atoms with Crippen molar-refractivity contribution in [3.63, 3.8) is 0 Å². The summed E-state index contributed by atoms with van der Waals surface area (Å²) in [6, 6.07) is 9.43. The number of hydrogen-bond acceptors (Lipinski definition) is 3. The molecule has 1 aromatic carbocycles. The number of aliphatic hydroxyl groups is 2. The van der Waals surface area contributed by atoms with Gasteiger partial charge in [-0.25, -0.2) is 0 Å². The monoisotopic (exact) mass is 260 g/mol. The van der Waals surface area contributed by atoms with Crippen molar-refractivity contribution in [3.8, 4) is 0 Å². The van der Waals surface area contributed by atoms with Gasteiger partial charge in [0, 0.05) is 6.16 Å². The summed E-state index contributed by atoms with van der Waals surface area (Å²) < 4.78 is 12.0. The van der Waals surface area contributed by atoms with Crippen molar-refractivity contribution in [3.05, 3.63) is 35.9 Å². The second-order valence-corrected chi connectivity index (χ2v) is 6.88. The van der Waals surface area contributed by atoms with Crippen LogP contribution in [0.3, 0.4) is 0 Å². The molecule has 0 saturated carbocycles. The second-order valence-electron chi connectivity index (χ2n) is 3.66. The summed E-state index contributed by atoms with van der Waals surface area (Å²) in [5.74, 6) is -0.785. The average molecular weight is 260 g/mol. The first-order chi connectivity index (χ1) is 6.68. The molecular formula is C10H15Na2O3P. The summed E-state index contributed by atoms with van der Waals surface area (Å²) in [4.78, 5) is 0. The Morgan fingerprint density at radius 2 is 1.81 bits per heavy atom. The van der Waals surface area contributed by atoms with Gasteiger partial charge in [0.15, 0.2) is 0 Å². The fraction of sp³-hybridized carbons (Fsp3) is 0.400. The molecule has 0 aromatic heterocycles. The van der Waals surface area contributed by atoms with Gasteiger partial charge in [0.05, 0.1) is 12.3 Å².